The second kappa shape index (κ2) is 9.27. The van der Waals surface area contributed by atoms with Gasteiger partial charge in [0.1, 0.15) is 7.05 Å². The lowest BCUT2D eigenvalue weighted by atomic mass is 10.0. The van der Waals surface area contributed by atoms with Crippen molar-refractivity contribution in [2.45, 2.75) is 19.4 Å². The zero-order chi connectivity index (χ0) is 23.6. The Labute approximate surface area is 193 Å². The van der Waals surface area contributed by atoms with Gasteiger partial charge in [-0.3, -0.25) is 9.19 Å². The number of para-hydroxylation sites is 3. The van der Waals surface area contributed by atoms with E-state index in [9.17, 15) is 13.0 Å². The molecular formula is C25H25N3O4S. The second-order valence-electron chi connectivity index (χ2n) is 7.85. The van der Waals surface area contributed by atoms with Gasteiger partial charge in [-0.15, -0.1) is 0 Å². The van der Waals surface area contributed by atoms with Gasteiger partial charge in [-0.25, -0.2) is 8.42 Å². The summed E-state index contributed by atoms with van der Waals surface area (Å²) in [4.78, 5) is 0. The third-order valence-corrected chi connectivity index (χ3v) is 6.21. The van der Waals surface area contributed by atoms with Crippen molar-refractivity contribution in [1.82, 2.24) is 0 Å². The summed E-state index contributed by atoms with van der Waals surface area (Å²) in [6.45, 7) is 2.23. The first-order chi connectivity index (χ1) is 15.8. The monoisotopic (exact) mass is 463 g/mol. The summed E-state index contributed by atoms with van der Waals surface area (Å²) in [6.07, 6.45) is 3.09. The van der Waals surface area contributed by atoms with E-state index < -0.39 is 10.4 Å². The molecule has 5 rings (SSSR count). The smallest absolute Gasteiger partial charge is 0.217 e. The molecule has 1 atom stereocenters. The largest absolute Gasteiger partial charge is 0.726 e. The number of fused-ring (bicyclic) bond motifs is 3. The van der Waals surface area contributed by atoms with Gasteiger partial charge < -0.3 is 4.55 Å². The molecular weight excluding hydrogens is 438 g/mol. The van der Waals surface area contributed by atoms with Crippen LogP contribution in [-0.2, 0) is 28.1 Å². The fourth-order valence-electron chi connectivity index (χ4n) is 4.25. The maximum atomic E-state index is 9.22. The van der Waals surface area contributed by atoms with E-state index in [-0.39, 0.29) is 0 Å². The predicted molar refractivity (Wildman–Crippen MR) is 129 cm³/mol. The third-order valence-electron chi connectivity index (χ3n) is 5.80. The highest BCUT2D eigenvalue weighted by Gasteiger charge is 2.25. The molecule has 4 aromatic rings. The Morgan fingerprint density at radius 3 is 2.09 bits per heavy atom. The van der Waals surface area contributed by atoms with Crippen molar-refractivity contribution in [1.29, 1.82) is 0 Å². The molecule has 33 heavy (non-hydrogen) atoms. The Balaban J connectivity index is 0.000000385. The number of nitrogens with zero attached hydrogens (tertiary/aromatic N) is 3. The number of rotatable bonds is 3. The molecule has 3 aromatic carbocycles. The van der Waals surface area contributed by atoms with E-state index in [0.717, 1.165) is 13.5 Å². The maximum absolute atomic E-state index is 9.22. The van der Waals surface area contributed by atoms with E-state index in [1.165, 1.54) is 38.6 Å². The van der Waals surface area contributed by atoms with E-state index >= 15 is 0 Å². The molecule has 0 saturated heterocycles. The number of hydrazone groups is 1. The van der Waals surface area contributed by atoms with Crippen LogP contribution in [0.15, 0.2) is 77.9 Å². The highest BCUT2D eigenvalue weighted by molar-refractivity contribution is 7.80. The topological polar surface area (TPSA) is 85.9 Å². The molecule has 0 aliphatic carbocycles. The molecule has 1 aliphatic heterocycles. The standard InChI is InChI=1S/C24H22N3.CH4O4S/c1-17-15-18-9-3-6-12-22(18)27(17)25-16-21-19-10-4-7-13-23(19)26(2)24-14-8-5-11-20(21)24;1-5-6(2,3)4/h3-14,16-17H,15H2,1-2H3;1H3,(H,2,3,4)/q+1;/p-1. The minimum atomic E-state index is -4.41. The zero-order valence-corrected chi connectivity index (χ0v) is 19.5. The van der Waals surface area contributed by atoms with Gasteiger partial charge in [-0.2, -0.15) is 9.67 Å². The molecule has 0 radical (unpaired) electrons. The van der Waals surface area contributed by atoms with E-state index in [2.05, 4.69) is 101 Å². The minimum absolute atomic E-state index is 0.371. The highest BCUT2D eigenvalue weighted by Crippen LogP contribution is 2.32. The van der Waals surface area contributed by atoms with Crippen molar-refractivity contribution in [3.8, 4) is 0 Å². The Morgan fingerprint density at radius 1 is 1.00 bits per heavy atom. The zero-order valence-electron chi connectivity index (χ0n) is 18.7. The molecule has 170 valence electrons. The lowest BCUT2D eigenvalue weighted by molar-refractivity contribution is -0.617. The van der Waals surface area contributed by atoms with Crippen LogP contribution in [0, 0.1) is 0 Å². The first-order valence-electron chi connectivity index (χ1n) is 10.5. The molecule has 0 N–H and O–H groups in total. The highest BCUT2D eigenvalue weighted by atomic mass is 32.3. The summed E-state index contributed by atoms with van der Waals surface area (Å²) in [6, 6.07) is 26.0. The second-order valence-corrected chi connectivity index (χ2v) is 9.00. The molecule has 0 fully saturated rings. The van der Waals surface area contributed by atoms with Crippen LogP contribution in [0.4, 0.5) is 5.69 Å². The van der Waals surface area contributed by atoms with E-state index in [4.69, 9.17) is 5.10 Å². The first-order valence-corrected chi connectivity index (χ1v) is 11.9. The molecule has 0 saturated carbocycles. The van der Waals surface area contributed by atoms with Crippen LogP contribution in [-0.4, -0.2) is 32.3 Å². The van der Waals surface area contributed by atoms with Crippen LogP contribution >= 0.6 is 0 Å². The van der Waals surface area contributed by atoms with Crippen LogP contribution in [0.3, 0.4) is 0 Å². The molecule has 8 heteroatoms. The number of hydrogen-bond acceptors (Lipinski definition) is 6. The van der Waals surface area contributed by atoms with Crippen molar-refractivity contribution in [2.24, 2.45) is 12.1 Å². The molecule has 7 nitrogen and oxygen atoms in total. The van der Waals surface area contributed by atoms with Gasteiger partial charge in [-0.05, 0) is 37.1 Å². The van der Waals surface area contributed by atoms with Crippen LogP contribution in [0.5, 0.6) is 0 Å². The first kappa shape index (κ1) is 22.8. The predicted octanol–water partition coefficient (Wildman–Crippen LogP) is 3.70. The average molecular weight is 464 g/mol. The minimum Gasteiger partial charge on any atom is -0.726 e. The molecule has 0 bridgehead atoms. The van der Waals surface area contributed by atoms with Crippen molar-refractivity contribution in [3.05, 3.63) is 83.9 Å². The molecule has 0 amide bonds. The fraction of sp³-hybridized carbons (Fsp3) is 0.200. The number of aromatic nitrogens is 1. The van der Waals surface area contributed by atoms with Crippen LogP contribution in [0.25, 0.3) is 21.8 Å². The van der Waals surface area contributed by atoms with Crippen molar-refractivity contribution < 1.29 is 21.7 Å². The van der Waals surface area contributed by atoms with Gasteiger partial charge in [0, 0.05) is 17.7 Å². The summed E-state index contributed by atoms with van der Waals surface area (Å²) < 4.78 is 33.3. The third kappa shape index (κ3) is 4.73. The summed E-state index contributed by atoms with van der Waals surface area (Å²) in [5, 5.41) is 9.55. The lowest BCUT2D eigenvalue weighted by Crippen LogP contribution is -2.30. The van der Waals surface area contributed by atoms with Gasteiger partial charge in [0.15, 0.2) is 0 Å². The van der Waals surface area contributed by atoms with Crippen LogP contribution in [0.2, 0.25) is 0 Å². The lowest BCUT2D eigenvalue weighted by Gasteiger charge is -2.18. The van der Waals surface area contributed by atoms with Crippen molar-refractivity contribution in [3.63, 3.8) is 0 Å². The average Bonchev–Trinajstić information content (AvgIpc) is 3.14. The summed E-state index contributed by atoms with van der Waals surface area (Å²) in [5.74, 6) is 0. The summed E-state index contributed by atoms with van der Waals surface area (Å²) in [5.41, 5.74) is 6.20. The Kier molecular flexibility index (Phi) is 6.42. The summed E-state index contributed by atoms with van der Waals surface area (Å²) in [7, 11) is -1.47. The molecule has 1 unspecified atom stereocenters. The molecule has 0 spiro atoms. The van der Waals surface area contributed by atoms with Crippen LogP contribution < -0.4 is 9.58 Å². The Morgan fingerprint density at radius 2 is 1.52 bits per heavy atom. The van der Waals surface area contributed by atoms with E-state index in [0.29, 0.717) is 6.04 Å². The quantitative estimate of drug-likeness (QED) is 0.152. The summed E-state index contributed by atoms with van der Waals surface area (Å²) >= 11 is 0. The van der Waals surface area contributed by atoms with Gasteiger partial charge in [0.25, 0.3) is 0 Å². The number of hydrogen-bond donors (Lipinski definition) is 0. The van der Waals surface area contributed by atoms with Gasteiger partial charge in [0.05, 0.1) is 35.8 Å². The number of anilines is 1. The van der Waals surface area contributed by atoms with Crippen molar-refractivity contribution >= 4 is 44.1 Å². The SMILES string of the molecule is CC1Cc2ccccc2N1N=Cc1c2ccccc2[n+](C)c2ccccc12.COS(=O)(=O)[O-]. The number of pyridine rings is 1. The van der Waals surface area contributed by atoms with Gasteiger partial charge in [-0.1, -0.05) is 42.5 Å². The molecule has 1 aliphatic rings. The number of aryl methyl sites for hydroxylation is 1. The van der Waals surface area contributed by atoms with Crippen LogP contribution in [0.1, 0.15) is 18.1 Å². The molecule has 1 aromatic heterocycles. The van der Waals surface area contributed by atoms with Gasteiger partial charge >= 0.3 is 0 Å². The maximum Gasteiger partial charge on any atom is 0.217 e. The normalized spacial score (nSPS) is 15.6. The van der Waals surface area contributed by atoms with E-state index in [1.807, 2.05) is 6.21 Å². The van der Waals surface area contributed by atoms with Crippen molar-refractivity contribution in [2.75, 3.05) is 12.1 Å². The van der Waals surface area contributed by atoms with E-state index in [1.54, 1.807) is 0 Å². The number of benzene rings is 3. The Hall–Kier alpha value is -3.33. The van der Waals surface area contributed by atoms with Gasteiger partial charge in [0.2, 0.25) is 21.4 Å². The Bertz CT molecular complexity index is 1390. The molecule has 2 heterocycles. The fourth-order valence-corrected chi connectivity index (χ4v) is 4.25.